The molecule has 0 spiro atoms. The van der Waals surface area contributed by atoms with Crippen LogP contribution < -0.4 is 20.5 Å². The summed E-state index contributed by atoms with van der Waals surface area (Å²) in [5.41, 5.74) is 6.90. The van der Waals surface area contributed by atoms with Gasteiger partial charge in [0.05, 0.1) is 32.1 Å². The SMILES string of the molecule is COc1ccc(OC)c(NC(N)=NC2C3CCOC3C2(C)C)c1.I. The van der Waals surface area contributed by atoms with E-state index in [1.165, 1.54) is 0 Å². The van der Waals surface area contributed by atoms with Crippen molar-refractivity contribution in [1.29, 1.82) is 0 Å². The average Bonchev–Trinajstić information content (AvgIpc) is 2.99. The van der Waals surface area contributed by atoms with Gasteiger partial charge in [0.1, 0.15) is 11.5 Å². The molecule has 1 aliphatic carbocycles. The van der Waals surface area contributed by atoms with Crippen LogP contribution in [0, 0.1) is 11.3 Å². The second-order valence-corrected chi connectivity index (χ2v) is 6.72. The van der Waals surface area contributed by atoms with Crippen LogP contribution in [0.3, 0.4) is 0 Å². The molecule has 1 aromatic rings. The summed E-state index contributed by atoms with van der Waals surface area (Å²) in [5, 5.41) is 3.13. The van der Waals surface area contributed by atoms with Crippen molar-refractivity contribution in [2.75, 3.05) is 26.1 Å². The van der Waals surface area contributed by atoms with Crippen LogP contribution in [0.1, 0.15) is 20.3 Å². The number of hydrogen-bond acceptors (Lipinski definition) is 4. The van der Waals surface area contributed by atoms with Gasteiger partial charge in [-0.25, -0.2) is 4.99 Å². The van der Waals surface area contributed by atoms with E-state index in [2.05, 4.69) is 19.2 Å². The maximum absolute atomic E-state index is 6.14. The van der Waals surface area contributed by atoms with Gasteiger partial charge < -0.3 is 25.3 Å². The maximum Gasteiger partial charge on any atom is 0.193 e. The molecule has 134 valence electrons. The Morgan fingerprint density at radius 1 is 1.33 bits per heavy atom. The molecule has 6 nitrogen and oxygen atoms in total. The molecule has 1 aliphatic heterocycles. The maximum atomic E-state index is 6.14. The molecule has 2 fully saturated rings. The summed E-state index contributed by atoms with van der Waals surface area (Å²) in [4.78, 5) is 4.71. The van der Waals surface area contributed by atoms with Gasteiger partial charge in [-0.15, -0.1) is 24.0 Å². The number of aliphatic imine (C=N–C) groups is 1. The van der Waals surface area contributed by atoms with Crippen molar-refractivity contribution in [1.82, 2.24) is 0 Å². The van der Waals surface area contributed by atoms with E-state index in [9.17, 15) is 0 Å². The van der Waals surface area contributed by atoms with E-state index in [1.54, 1.807) is 14.2 Å². The summed E-state index contributed by atoms with van der Waals surface area (Å²) < 4.78 is 16.4. The third-order valence-electron chi connectivity index (χ3n) is 4.99. The molecule has 24 heavy (non-hydrogen) atoms. The lowest BCUT2D eigenvalue weighted by molar-refractivity contribution is -0.0985. The molecular weight excluding hydrogens is 421 g/mol. The molecule has 3 unspecified atom stereocenters. The number of hydrogen-bond donors (Lipinski definition) is 2. The van der Waals surface area contributed by atoms with E-state index in [4.69, 9.17) is 24.9 Å². The van der Waals surface area contributed by atoms with Crippen LogP contribution in [-0.4, -0.2) is 38.9 Å². The minimum Gasteiger partial charge on any atom is -0.497 e. The van der Waals surface area contributed by atoms with Gasteiger partial charge in [-0.2, -0.15) is 0 Å². The van der Waals surface area contributed by atoms with Gasteiger partial charge in [-0.1, -0.05) is 13.8 Å². The van der Waals surface area contributed by atoms with Crippen molar-refractivity contribution in [2.45, 2.75) is 32.4 Å². The standard InChI is InChI=1S/C17H25N3O3.HI/c1-17(2)14(11-7-8-23-15(11)17)20-16(18)19-12-9-10(21-3)5-6-13(12)22-4;/h5-6,9,11,14-15H,7-8H2,1-4H3,(H3,18,19,20);1H. The zero-order chi connectivity index (χ0) is 16.6. The van der Waals surface area contributed by atoms with E-state index in [-0.39, 0.29) is 35.4 Å². The van der Waals surface area contributed by atoms with E-state index in [1.807, 2.05) is 18.2 Å². The first-order valence-corrected chi connectivity index (χ1v) is 7.91. The first-order chi connectivity index (χ1) is 11.0. The van der Waals surface area contributed by atoms with Crippen LogP contribution in [0.4, 0.5) is 5.69 Å². The molecule has 3 N–H and O–H groups in total. The molecule has 3 atom stereocenters. The normalized spacial score (nSPS) is 27.5. The lowest BCUT2D eigenvalue weighted by Gasteiger charge is -2.52. The Morgan fingerprint density at radius 2 is 2.08 bits per heavy atom. The molecule has 3 rings (SSSR count). The zero-order valence-electron chi connectivity index (χ0n) is 14.5. The minimum absolute atomic E-state index is 0. The second-order valence-electron chi connectivity index (χ2n) is 6.72. The molecule has 7 heteroatoms. The Bertz CT molecular complexity index is 621. The number of halogens is 1. The van der Waals surface area contributed by atoms with Crippen molar-refractivity contribution >= 4 is 35.6 Å². The molecule has 1 saturated heterocycles. The third-order valence-corrected chi connectivity index (χ3v) is 4.99. The molecule has 0 bridgehead atoms. The van der Waals surface area contributed by atoms with Gasteiger partial charge in [-0.05, 0) is 18.6 Å². The minimum atomic E-state index is 0. The van der Waals surface area contributed by atoms with Crippen LogP contribution in [0.2, 0.25) is 0 Å². The van der Waals surface area contributed by atoms with Gasteiger partial charge in [0, 0.05) is 24.0 Å². The smallest absolute Gasteiger partial charge is 0.193 e. The molecular formula is C17H26IN3O3. The predicted molar refractivity (Wildman–Crippen MR) is 106 cm³/mol. The Morgan fingerprint density at radius 3 is 2.75 bits per heavy atom. The zero-order valence-corrected chi connectivity index (χ0v) is 16.9. The number of guanidine groups is 1. The summed E-state index contributed by atoms with van der Waals surface area (Å²) in [6, 6.07) is 5.70. The van der Waals surface area contributed by atoms with Gasteiger partial charge in [-0.3, -0.25) is 0 Å². The number of nitrogens with zero attached hydrogens (tertiary/aromatic N) is 1. The Hall–Kier alpha value is -1.22. The fraction of sp³-hybridized carbons (Fsp3) is 0.588. The van der Waals surface area contributed by atoms with Crippen LogP contribution in [0.15, 0.2) is 23.2 Å². The fourth-order valence-corrected chi connectivity index (χ4v) is 3.79. The summed E-state index contributed by atoms with van der Waals surface area (Å²) in [6.45, 7) is 5.20. The van der Waals surface area contributed by atoms with Crippen LogP contribution in [0.25, 0.3) is 0 Å². The Kier molecular flexibility index (Phi) is 5.85. The highest BCUT2D eigenvalue weighted by molar-refractivity contribution is 14.0. The predicted octanol–water partition coefficient (Wildman–Crippen LogP) is 2.86. The Labute approximate surface area is 160 Å². The summed E-state index contributed by atoms with van der Waals surface area (Å²) in [7, 11) is 3.25. The summed E-state index contributed by atoms with van der Waals surface area (Å²) >= 11 is 0. The topological polar surface area (TPSA) is 78.1 Å². The molecule has 0 radical (unpaired) electrons. The molecule has 0 aromatic heterocycles. The van der Waals surface area contributed by atoms with Gasteiger partial charge in [0.15, 0.2) is 5.96 Å². The summed E-state index contributed by atoms with van der Waals surface area (Å²) in [5.74, 6) is 2.28. The molecule has 0 amide bonds. The number of benzene rings is 1. The summed E-state index contributed by atoms with van der Waals surface area (Å²) in [6.07, 6.45) is 1.35. The lowest BCUT2D eigenvalue weighted by atomic mass is 9.57. The molecule has 1 saturated carbocycles. The largest absolute Gasteiger partial charge is 0.497 e. The first kappa shape index (κ1) is 19.1. The van der Waals surface area contributed by atoms with E-state index >= 15 is 0 Å². The Balaban J connectivity index is 0.00000208. The van der Waals surface area contributed by atoms with Crippen LogP contribution >= 0.6 is 24.0 Å². The molecule has 1 heterocycles. The van der Waals surface area contributed by atoms with Crippen molar-refractivity contribution in [3.8, 4) is 11.5 Å². The average molecular weight is 447 g/mol. The highest BCUT2D eigenvalue weighted by Crippen LogP contribution is 2.53. The van der Waals surface area contributed by atoms with Crippen molar-refractivity contribution in [2.24, 2.45) is 22.1 Å². The molecule has 2 aliphatic rings. The van der Waals surface area contributed by atoms with Crippen molar-refractivity contribution < 1.29 is 14.2 Å². The highest BCUT2D eigenvalue weighted by atomic mass is 127. The van der Waals surface area contributed by atoms with E-state index in [0.717, 1.165) is 24.5 Å². The lowest BCUT2D eigenvalue weighted by Crippen LogP contribution is -2.59. The van der Waals surface area contributed by atoms with Gasteiger partial charge in [0.2, 0.25) is 0 Å². The third kappa shape index (κ3) is 3.28. The van der Waals surface area contributed by atoms with Gasteiger partial charge in [0.25, 0.3) is 0 Å². The van der Waals surface area contributed by atoms with E-state index < -0.39 is 0 Å². The number of rotatable bonds is 4. The second kappa shape index (κ2) is 7.35. The molecule has 1 aromatic carbocycles. The van der Waals surface area contributed by atoms with Crippen molar-refractivity contribution in [3.63, 3.8) is 0 Å². The van der Waals surface area contributed by atoms with Crippen LogP contribution in [-0.2, 0) is 4.74 Å². The quantitative estimate of drug-likeness (QED) is 0.422. The first-order valence-electron chi connectivity index (χ1n) is 7.91. The number of methoxy groups -OCH3 is 2. The number of anilines is 1. The number of fused-ring (bicyclic) bond motifs is 1. The van der Waals surface area contributed by atoms with Crippen LogP contribution in [0.5, 0.6) is 11.5 Å². The van der Waals surface area contributed by atoms with Gasteiger partial charge >= 0.3 is 0 Å². The number of nitrogens with one attached hydrogen (secondary N) is 1. The van der Waals surface area contributed by atoms with E-state index in [0.29, 0.717) is 23.7 Å². The van der Waals surface area contributed by atoms with Crippen molar-refractivity contribution in [3.05, 3.63) is 18.2 Å². The monoisotopic (exact) mass is 447 g/mol. The number of nitrogens with two attached hydrogens (primary N) is 1. The fourth-order valence-electron chi connectivity index (χ4n) is 3.79. The highest BCUT2D eigenvalue weighted by Gasteiger charge is 2.59. The number of ether oxygens (including phenoxy) is 3.